The van der Waals surface area contributed by atoms with E-state index >= 15 is 0 Å². The van der Waals surface area contributed by atoms with Crippen molar-refractivity contribution in [2.24, 2.45) is 5.92 Å². The number of hydrogen-bond acceptors (Lipinski definition) is 3. The zero-order valence-electron chi connectivity index (χ0n) is 22.0. The molecular formula is C29H40ClF3N2O. The van der Waals surface area contributed by atoms with E-state index in [0.717, 1.165) is 56.2 Å². The first kappa shape index (κ1) is 28.8. The topological polar surface area (TPSA) is 15.7 Å². The number of benzene rings is 2. The van der Waals surface area contributed by atoms with Crippen molar-refractivity contribution in [2.45, 2.75) is 63.6 Å². The average Bonchev–Trinajstić information content (AvgIpc) is 2.83. The third-order valence-corrected chi connectivity index (χ3v) is 7.63. The van der Waals surface area contributed by atoms with Crippen molar-refractivity contribution in [1.29, 1.82) is 0 Å². The van der Waals surface area contributed by atoms with Gasteiger partial charge in [-0.15, -0.1) is 0 Å². The van der Waals surface area contributed by atoms with E-state index in [0.29, 0.717) is 11.7 Å². The van der Waals surface area contributed by atoms with E-state index in [9.17, 15) is 13.2 Å². The Morgan fingerprint density at radius 2 is 1.67 bits per heavy atom. The van der Waals surface area contributed by atoms with Crippen LogP contribution in [0.3, 0.4) is 0 Å². The van der Waals surface area contributed by atoms with Crippen LogP contribution in [0.4, 0.5) is 13.2 Å². The largest absolute Gasteiger partial charge is 0.489 e. The van der Waals surface area contributed by atoms with E-state index in [2.05, 4.69) is 21.9 Å². The molecule has 0 amide bonds. The van der Waals surface area contributed by atoms with Crippen molar-refractivity contribution in [1.82, 2.24) is 9.80 Å². The molecule has 0 spiro atoms. The SMILES string of the molecule is CC.CN(C)C[C@@H](Oc1ccc(C(F)(F)F)cc1)C1CCCN(CC2(c3ccc(Cl)cc3)CCC2)C1. The van der Waals surface area contributed by atoms with Gasteiger partial charge < -0.3 is 14.5 Å². The summed E-state index contributed by atoms with van der Waals surface area (Å²) in [5, 5.41) is 0.767. The molecule has 0 N–H and O–H groups in total. The Morgan fingerprint density at radius 3 is 2.19 bits per heavy atom. The van der Waals surface area contributed by atoms with Gasteiger partial charge in [-0.3, -0.25) is 0 Å². The van der Waals surface area contributed by atoms with E-state index in [4.69, 9.17) is 16.3 Å². The predicted octanol–water partition coefficient (Wildman–Crippen LogP) is 7.53. The summed E-state index contributed by atoms with van der Waals surface area (Å²) < 4.78 is 45.1. The molecule has 2 aliphatic rings. The van der Waals surface area contributed by atoms with E-state index in [1.165, 1.54) is 37.0 Å². The van der Waals surface area contributed by atoms with Crippen LogP contribution in [0.1, 0.15) is 57.1 Å². The minimum atomic E-state index is -4.34. The Morgan fingerprint density at radius 1 is 1.03 bits per heavy atom. The van der Waals surface area contributed by atoms with Crippen LogP contribution in [0.2, 0.25) is 5.02 Å². The van der Waals surface area contributed by atoms with Gasteiger partial charge in [0.2, 0.25) is 0 Å². The van der Waals surface area contributed by atoms with Gasteiger partial charge in [-0.05, 0) is 88.3 Å². The van der Waals surface area contributed by atoms with Crippen LogP contribution < -0.4 is 4.74 Å². The van der Waals surface area contributed by atoms with E-state index < -0.39 is 11.7 Å². The molecule has 1 aliphatic heterocycles. The predicted molar refractivity (Wildman–Crippen MR) is 142 cm³/mol. The fraction of sp³-hybridized carbons (Fsp3) is 0.586. The highest BCUT2D eigenvalue weighted by Crippen LogP contribution is 2.45. The molecule has 0 bridgehead atoms. The lowest BCUT2D eigenvalue weighted by Crippen LogP contribution is -2.51. The average molecular weight is 525 g/mol. The first-order valence-corrected chi connectivity index (χ1v) is 13.5. The van der Waals surface area contributed by atoms with Crippen molar-refractivity contribution in [3.63, 3.8) is 0 Å². The van der Waals surface area contributed by atoms with E-state index in [1.54, 1.807) is 0 Å². The van der Waals surface area contributed by atoms with Crippen LogP contribution in [0.15, 0.2) is 48.5 Å². The molecule has 7 heteroatoms. The Balaban J connectivity index is 0.00000176. The van der Waals surface area contributed by atoms with Crippen molar-refractivity contribution >= 4 is 11.6 Å². The molecule has 0 aromatic heterocycles. The highest BCUT2D eigenvalue weighted by molar-refractivity contribution is 6.30. The molecule has 2 aromatic carbocycles. The van der Waals surface area contributed by atoms with E-state index in [1.807, 2.05) is 40.1 Å². The van der Waals surface area contributed by atoms with E-state index in [-0.39, 0.29) is 11.5 Å². The summed E-state index contributed by atoms with van der Waals surface area (Å²) in [5.41, 5.74) is 0.912. The van der Waals surface area contributed by atoms with Crippen LogP contribution in [0, 0.1) is 5.92 Å². The third kappa shape index (κ3) is 7.39. The summed E-state index contributed by atoms with van der Waals surface area (Å²) in [5.74, 6) is 0.814. The van der Waals surface area contributed by atoms with Gasteiger partial charge in [0.15, 0.2) is 0 Å². The van der Waals surface area contributed by atoms with Crippen LogP contribution in [0.25, 0.3) is 0 Å². The van der Waals surface area contributed by atoms with Gasteiger partial charge in [0.1, 0.15) is 11.9 Å². The molecule has 2 atom stereocenters. The molecule has 1 saturated carbocycles. The third-order valence-electron chi connectivity index (χ3n) is 7.38. The first-order valence-electron chi connectivity index (χ1n) is 13.1. The Labute approximate surface area is 219 Å². The Hall–Kier alpha value is -1.76. The van der Waals surface area contributed by atoms with Crippen molar-refractivity contribution < 1.29 is 17.9 Å². The molecule has 0 radical (unpaired) electrons. The lowest BCUT2D eigenvalue weighted by atomic mass is 9.64. The normalized spacial score (nSPS) is 20.8. The van der Waals surface area contributed by atoms with Gasteiger partial charge in [-0.25, -0.2) is 0 Å². The molecule has 1 aliphatic carbocycles. The Kier molecular flexibility index (Phi) is 10.1. The van der Waals surface area contributed by atoms with Gasteiger partial charge in [-0.2, -0.15) is 13.2 Å². The second-order valence-electron chi connectivity index (χ2n) is 10.2. The highest BCUT2D eigenvalue weighted by atomic mass is 35.5. The molecule has 1 saturated heterocycles. The zero-order chi connectivity index (χ0) is 26.3. The molecule has 2 fully saturated rings. The van der Waals surface area contributed by atoms with Crippen molar-refractivity contribution in [3.05, 3.63) is 64.7 Å². The number of alkyl halides is 3. The summed E-state index contributed by atoms with van der Waals surface area (Å²) in [6.07, 6.45) is 1.37. The van der Waals surface area contributed by atoms with Crippen LogP contribution in [-0.4, -0.2) is 56.2 Å². The Bertz CT molecular complexity index is 927. The smallest absolute Gasteiger partial charge is 0.416 e. The number of halogens is 4. The molecule has 4 rings (SSSR count). The fourth-order valence-corrected chi connectivity index (χ4v) is 5.58. The van der Waals surface area contributed by atoms with Gasteiger partial charge in [0.25, 0.3) is 0 Å². The van der Waals surface area contributed by atoms with Gasteiger partial charge in [-0.1, -0.05) is 44.0 Å². The molecule has 200 valence electrons. The minimum Gasteiger partial charge on any atom is -0.489 e. The standard InChI is InChI=1S/C27H34ClF3N2O.C2H6/c1-32(2)18-25(34-24-12-8-22(9-13-24)27(29,30)31)20-5-3-16-33(17-20)19-26(14-4-15-26)21-6-10-23(28)11-7-21;1-2/h6-13,20,25H,3-5,14-19H2,1-2H3;1-2H3/t20?,25-;/m1./s1. The second kappa shape index (κ2) is 12.7. The molecule has 1 heterocycles. The van der Waals surface area contributed by atoms with Crippen LogP contribution in [0.5, 0.6) is 5.75 Å². The van der Waals surface area contributed by atoms with Crippen LogP contribution >= 0.6 is 11.6 Å². The van der Waals surface area contributed by atoms with Crippen molar-refractivity contribution in [3.8, 4) is 5.75 Å². The van der Waals surface area contributed by atoms with Crippen molar-refractivity contribution in [2.75, 3.05) is 40.3 Å². The summed E-state index contributed by atoms with van der Waals surface area (Å²) >= 11 is 6.12. The van der Waals surface area contributed by atoms with Gasteiger partial charge in [0, 0.05) is 36.0 Å². The number of hydrogen-bond donors (Lipinski definition) is 0. The fourth-order valence-electron chi connectivity index (χ4n) is 5.45. The number of likely N-dealkylation sites (N-methyl/N-ethyl adjacent to an activating group) is 1. The molecule has 2 aromatic rings. The van der Waals surface area contributed by atoms with Gasteiger partial charge in [0.05, 0.1) is 5.56 Å². The second-order valence-corrected chi connectivity index (χ2v) is 10.7. The number of ether oxygens (including phenoxy) is 1. The molecule has 3 nitrogen and oxygen atoms in total. The number of piperidine rings is 1. The maximum atomic E-state index is 12.9. The lowest BCUT2D eigenvalue weighted by molar-refractivity contribution is -0.137. The monoisotopic (exact) mass is 524 g/mol. The maximum absolute atomic E-state index is 12.9. The number of likely N-dealkylation sites (tertiary alicyclic amines) is 1. The number of nitrogens with zero attached hydrogens (tertiary/aromatic N) is 2. The summed E-state index contributed by atoms with van der Waals surface area (Å²) in [4.78, 5) is 4.66. The molecular weight excluding hydrogens is 485 g/mol. The minimum absolute atomic E-state index is 0.0811. The molecule has 1 unspecified atom stereocenters. The summed E-state index contributed by atoms with van der Waals surface area (Å²) in [7, 11) is 4.02. The quantitative estimate of drug-likeness (QED) is 0.355. The highest BCUT2D eigenvalue weighted by Gasteiger charge is 2.41. The number of rotatable bonds is 8. The summed E-state index contributed by atoms with van der Waals surface area (Å²) in [6.45, 7) is 7.76. The van der Waals surface area contributed by atoms with Gasteiger partial charge >= 0.3 is 6.18 Å². The first-order chi connectivity index (χ1) is 17.1. The lowest BCUT2D eigenvalue weighted by Gasteiger charge is -2.48. The van der Waals surface area contributed by atoms with Crippen LogP contribution in [-0.2, 0) is 11.6 Å². The summed E-state index contributed by atoms with van der Waals surface area (Å²) in [6, 6.07) is 13.4. The molecule has 36 heavy (non-hydrogen) atoms. The zero-order valence-corrected chi connectivity index (χ0v) is 22.7. The maximum Gasteiger partial charge on any atom is 0.416 e.